The van der Waals surface area contributed by atoms with Crippen LogP contribution in [0.4, 0.5) is 0 Å². The smallest absolute Gasteiger partial charge is 0.336 e. The van der Waals surface area contributed by atoms with Crippen LogP contribution in [0.15, 0.2) is 39.1 Å². The molecule has 0 unspecified atom stereocenters. The van der Waals surface area contributed by atoms with Gasteiger partial charge in [0.15, 0.2) is 11.3 Å². The zero-order chi connectivity index (χ0) is 19.1. The third-order valence-electron chi connectivity index (χ3n) is 3.91. The molecule has 6 nitrogen and oxygen atoms in total. The normalized spacial score (nSPS) is 11.9. The highest BCUT2D eigenvalue weighted by Gasteiger charge is 2.18. The molecule has 142 valence electrons. The van der Waals surface area contributed by atoms with Gasteiger partial charge in [-0.25, -0.2) is 4.79 Å². The topological polar surface area (TPSA) is 78.1 Å². The first kappa shape index (κ1) is 19.8. The molecule has 6 heteroatoms. The Bertz CT molecular complexity index is 817. The molecule has 1 atom stereocenters. The fourth-order valence-electron chi connectivity index (χ4n) is 2.31. The third-order valence-corrected chi connectivity index (χ3v) is 3.91. The Labute approximate surface area is 153 Å². The maximum atomic E-state index is 11.7. The van der Waals surface area contributed by atoms with Gasteiger partial charge in [-0.1, -0.05) is 12.5 Å². The first-order valence-corrected chi connectivity index (χ1v) is 8.61. The van der Waals surface area contributed by atoms with Crippen molar-refractivity contribution in [3.8, 4) is 17.2 Å². The number of benzene rings is 1. The van der Waals surface area contributed by atoms with Crippen LogP contribution in [0.1, 0.15) is 27.2 Å². The molecule has 1 aromatic carbocycles. The van der Waals surface area contributed by atoms with Crippen molar-refractivity contribution in [3.63, 3.8) is 0 Å². The van der Waals surface area contributed by atoms with Crippen LogP contribution in [0.3, 0.4) is 0 Å². The average Bonchev–Trinajstić information content (AvgIpc) is 2.61. The number of allylic oxidation sites excluding steroid dienone is 1. The summed E-state index contributed by atoms with van der Waals surface area (Å²) in [5.41, 5.74) is 0.959. The summed E-state index contributed by atoms with van der Waals surface area (Å²) in [5, 5.41) is 9.77. The van der Waals surface area contributed by atoms with Crippen LogP contribution < -0.4 is 19.8 Å². The van der Waals surface area contributed by atoms with Gasteiger partial charge in [-0.15, -0.1) is 0 Å². The van der Waals surface area contributed by atoms with Crippen LogP contribution in [0.25, 0.3) is 11.0 Å². The van der Waals surface area contributed by atoms with E-state index in [0.717, 1.165) is 5.57 Å². The first-order chi connectivity index (χ1) is 12.5. The Morgan fingerprint density at radius 3 is 2.69 bits per heavy atom. The number of rotatable bonds is 9. The average molecular weight is 362 g/mol. The van der Waals surface area contributed by atoms with Gasteiger partial charge in [0.1, 0.15) is 12.4 Å². The Balaban J connectivity index is 2.42. The highest BCUT2D eigenvalue weighted by Crippen LogP contribution is 2.41. The molecule has 0 aliphatic rings. The van der Waals surface area contributed by atoms with E-state index in [1.54, 1.807) is 12.1 Å². The lowest BCUT2D eigenvalue weighted by atomic mass is 10.1. The van der Waals surface area contributed by atoms with Crippen molar-refractivity contribution in [2.24, 2.45) is 5.92 Å². The molecule has 0 amide bonds. The summed E-state index contributed by atoms with van der Waals surface area (Å²) in [7, 11) is 1.52. The van der Waals surface area contributed by atoms with E-state index in [1.807, 2.05) is 26.8 Å². The van der Waals surface area contributed by atoms with Gasteiger partial charge >= 0.3 is 5.63 Å². The van der Waals surface area contributed by atoms with Gasteiger partial charge in [-0.2, -0.15) is 0 Å². The maximum Gasteiger partial charge on any atom is 0.336 e. The lowest BCUT2D eigenvalue weighted by Crippen LogP contribution is -2.09. The number of hydrogen-bond donors (Lipinski definition) is 1. The minimum atomic E-state index is -0.477. The fraction of sp³-hybridized carbons (Fsp3) is 0.450. The van der Waals surface area contributed by atoms with E-state index in [9.17, 15) is 4.79 Å². The maximum absolute atomic E-state index is 11.7. The molecular weight excluding hydrogens is 336 g/mol. The van der Waals surface area contributed by atoms with Crippen molar-refractivity contribution in [3.05, 3.63) is 40.3 Å². The molecule has 0 fully saturated rings. The minimum absolute atomic E-state index is 0.0907. The predicted molar refractivity (Wildman–Crippen MR) is 100 cm³/mol. The van der Waals surface area contributed by atoms with Crippen molar-refractivity contribution in [1.82, 2.24) is 0 Å². The lowest BCUT2D eigenvalue weighted by molar-refractivity contribution is 0.199. The Morgan fingerprint density at radius 2 is 2.04 bits per heavy atom. The molecule has 2 rings (SSSR count). The molecule has 0 saturated carbocycles. The number of fused-ring (bicyclic) bond motifs is 1. The SMILES string of the molecule is COc1cc(OCC=C(C)C)c2ccc(=O)oc2c1OCC[C@H](C)CO. The van der Waals surface area contributed by atoms with Crippen LogP contribution in [0, 0.1) is 5.92 Å². The van der Waals surface area contributed by atoms with E-state index in [4.69, 9.17) is 23.7 Å². The van der Waals surface area contributed by atoms with Crippen molar-refractivity contribution in [2.45, 2.75) is 27.2 Å². The molecule has 0 bridgehead atoms. The number of ether oxygens (including phenoxy) is 3. The minimum Gasteiger partial charge on any atom is -0.493 e. The van der Waals surface area contributed by atoms with Crippen molar-refractivity contribution < 1.29 is 23.7 Å². The summed E-state index contributed by atoms with van der Waals surface area (Å²) < 4.78 is 22.4. The van der Waals surface area contributed by atoms with Gasteiger partial charge in [-0.05, 0) is 38.3 Å². The second-order valence-corrected chi connectivity index (χ2v) is 6.42. The Kier molecular flexibility index (Phi) is 7.09. The van der Waals surface area contributed by atoms with E-state index in [-0.39, 0.29) is 12.5 Å². The molecule has 0 spiro atoms. The number of methoxy groups -OCH3 is 1. The number of hydrogen-bond acceptors (Lipinski definition) is 6. The van der Waals surface area contributed by atoms with Crippen molar-refractivity contribution in [2.75, 3.05) is 26.9 Å². The van der Waals surface area contributed by atoms with Gasteiger partial charge < -0.3 is 23.7 Å². The van der Waals surface area contributed by atoms with Gasteiger partial charge in [0, 0.05) is 18.7 Å². The molecule has 0 saturated heterocycles. The molecule has 1 aromatic heterocycles. The van der Waals surface area contributed by atoms with Crippen LogP contribution in [-0.2, 0) is 0 Å². The zero-order valence-electron chi connectivity index (χ0n) is 15.7. The molecule has 0 radical (unpaired) electrons. The van der Waals surface area contributed by atoms with Crippen molar-refractivity contribution in [1.29, 1.82) is 0 Å². The summed E-state index contributed by atoms with van der Waals surface area (Å²) in [5.74, 6) is 1.45. The predicted octanol–water partition coefficient (Wildman–Crippen LogP) is 3.54. The van der Waals surface area contributed by atoms with Gasteiger partial charge in [0.05, 0.1) is 19.1 Å². The molecule has 0 aliphatic carbocycles. The van der Waals surface area contributed by atoms with Crippen LogP contribution >= 0.6 is 0 Å². The monoisotopic (exact) mass is 362 g/mol. The molecule has 2 aromatic rings. The first-order valence-electron chi connectivity index (χ1n) is 8.61. The molecular formula is C20H26O6. The highest BCUT2D eigenvalue weighted by atomic mass is 16.5. The third kappa shape index (κ3) is 5.02. The summed E-state index contributed by atoms with van der Waals surface area (Å²) >= 11 is 0. The van der Waals surface area contributed by atoms with Crippen LogP contribution in [-0.4, -0.2) is 32.0 Å². The van der Waals surface area contributed by atoms with Crippen LogP contribution in [0.2, 0.25) is 0 Å². The number of aliphatic hydroxyl groups excluding tert-OH is 1. The molecule has 0 aliphatic heterocycles. The van der Waals surface area contributed by atoms with Crippen LogP contribution in [0.5, 0.6) is 17.2 Å². The largest absolute Gasteiger partial charge is 0.493 e. The summed E-state index contributed by atoms with van der Waals surface area (Å²) in [6, 6.07) is 4.73. The van der Waals surface area contributed by atoms with E-state index < -0.39 is 5.63 Å². The summed E-state index contributed by atoms with van der Waals surface area (Å²) in [4.78, 5) is 11.7. The molecule has 1 N–H and O–H groups in total. The van der Waals surface area contributed by atoms with E-state index >= 15 is 0 Å². The summed E-state index contributed by atoms with van der Waals surface area (Å²) in [6.45, 7) is 6.76. The standard InChI is InChI=1S/C20H26O6/c1-13(2)7-9-24-16-11-17(23-4)20(25-10-8-14(3)12-21)19-15(16)5-6-18(22)26-19/h5-7,11,14,21H,8-10,12H2,1-4H3/t14-/m0/s1. The lowest BCUT2D eigenvalue weighted by Gasteiger charge is -2.16. The van der Waals surface area contributed by atoms with E-state index in [2.05, 4.69) is 0 Å². The fourth-order valence-corrected chi connectivity index (χ4v) is 2.31. The van der Waals surface area contributed by atoms with E-state index in [1.165, 1.54) is 13.2 Å². The quantitative estimate of drug-likeness (QED) is 0.543. The van der Waals surface area contributed by atoms with Gasteiger partial charge in [-0.3, -0.25) is 0 Å². The number of aliphatic hydroxyl groups is 1. The molecule has 26 heavy (non-hydrogen) atoms. The van der Waals surface area contributed by atoms with Crippen molar-refractivity contribution >= 4 is 11.0 Å². The Hall–Kier alpha value is -2.47. The van der Waals surface area contributed by atoms with Gasteiger partial charge in [0.25, 0.3) is 0 Å². The summed E-state index contributed by atoms with van der Waals surface area (Å²) in [6.07, 6.45) is 2.62. The van der Waals surface area contributed by atoms with E-state index in [0.29, 0.717) is 47.9 Å². The highest BCUT2D eigenvalue weighted by molar-refractivity contribution is 5.91. The van der Waals surface area contributed by atoms with Gasteiger partial charge in [0.2, 0.25) is 5.75 Å². The second kappa shape index (κ2) is 9.29. The second-order valence-electron chi connectivity index (χ2n) is 6.42. The zero-order valence-corrected chi connectivity index (χ0v) is 15.7. The Morgan fingerprint density at radius 1 is 1.27 bits per heavy atom. The molecule has 1 heterocycles.